The Bertz CT molecular complexity index is 730. The predicted molar refractivity (Wildman–Crippen MR) is 139 cm³/mol. The molecule has 5 heteroatoms. The van der Waals surface area contributed by atoms with Crippen LogP contribution in [0.25, 0.3) is 0 Å². The summed E-state index contributed by atoms with van der Waals surface area (Å²) in [6.45, 7) is 7.40. The molecule has 0 fully saturated rings. The molecule has 0 unspecified atom stereocenters. The molecule has 184 valence electrons. The fourth-order valence-electron chi connectivity index (χ4n) is 3.37. The van der Waals surface area contributed by atoms with Crippen LogP contribution in [-0.4, -0.2) is 33.4 Å². The SMILES string of the molecule is C[C@H](CO)NC(=O)CCCC=CCC=CCC=CCC=CC(C)(C)CCCCn1cccn1. The van der Waals surface area contributed by atoms with Crippen molar-refractivity contribution in [2.45, 2.75) is 91.1 Å². The highest BCUT2D eigenvalue weighted by atomic mass is 16.3. The summed E-state index contributed by atoms with van der Waals surface area (Å²) in [7, 11) is 0. The molecule has 0 aliphatic heterocycles. The van der Waals surface area contributed by atoms with Gasteiger partial charge in [0.2, 0.25) is 5.91 Å². The predicted octanol–water partition coefficient (Wildman–Crippen LogP) is 6.14. The van der Waals surface area contributed by atoms with Gasteiger partial charge in [-0.15, -0.1) is 0 Å². The van der Waals surface area contributed by atoms with Crippen molar-refractivity contribution in [1.29, 1.82) is 0 Å². The molecule has 1 aromatic heterocycles. The van der Waals surface area contributed by atoms with Gasteiger partial charge in [0.25, 0.3) is 0 Å². The van der Waals surface area contributed by atoms with Crippen molar-refractivity contribution in [3.05, 3.63) is 67.1 Å². The Morgan fingerprint density at radius 2 is 1.70 bits per heavy atom. The smallest absolute Gasteiger partial charge is 0.220 e. The largest absolute Gasteiger partial charge is 0.394 e. The van der Waals surface area contributed by atoms with Crippen molar-refractivity contribution in [3.8, 4) is 0 Å². The number of carbonyl (C=O) groups excluding carboxylic acids is 1. The number of nitrogens with one attached hydrogen (secondary N) is 1. The van der Waals surface area contributed by atoms with Crippen LogP contribution in [0.15, 0.2) is 67.1 Å². The number of nitrogens with zero attached hydrogens (tertiary/aromatic N) is 2. The molecular weight excluding hydrogens is 410 g/mol. The van der Waals surface area contributed by atoms with Gasteiger partial charge in [-0.2, -0.15) is 5.10 Å². The first-order valence-electron chi connectivity index (χ1n) is 12.4. The van der Waals surface area contributed by atoms with Gasteiger partial charge in [0.05, 0.1) is 6.61 Å². The highest BCUT2D eigenvalue weighted by Crippen LogP contribution is 2.25. The second kappa shape index (κ2) is 18.1. The van der Waals surface area contributed by atoms with Crippen LogP contribution in [0.4, 0.5) is 0 Å². The van der Waals surface area contributed by atoms with Crippen LogP contribution in [0.3, 0.4) is 0 Å². The Balaban J connectivity index is 2.02. The second-order valence-electron chi connectivity index (χ2n) is 9.28. The molecule has 1 aromatic rings. The number of aliphatic hydroxyl groups excluding tert-OH is 1. The van der Waals surface area contributed by atoms with E-state index in [0.717, 1.165) is 38.6 Å². The number of amides is 1. The Labute approximate surface area is 201 Å². The maximum Gasteiger partial charge on any atom is 0.220 e. The van der Waals surface area contributed by atoms with E-state index >= 15 is 0 Å². The van der Waals surface area contributed by atoms with Gasteiger partial charge in [-0.3, -0.25) is 9.48 Å². The van der Waals surface area contributed by atoms with E-state index in [0.29, 0.717) is 6.42 Å². The van der Waals surface area contributed by atoms with Crippen LogP contribution in [0, 0.1) is 5.41 Å². The van der Waals surface area contributed by atoms with E-state index in [2.05, 4.69) is 72.9 Å². The van der Waals surface area contributed by atoms with Gasteiger partial charge in [-0.1, -0.05) is 68.9 Å². The molecule has 0 bridgehead atoms. The zero-order chi connectivity index (χ0) is 24.2. The molecule has 5 nitrogen and oxygen atoms in total. The fourth-order valence-corrected chi connectivity index (χ4v) is 3.37. The van der Waals surface area contributed by atoms with E-state index in [1.165, 1.54) is 19.3 Å². The third-order valence-electron chi connectivity index (χ3n) is 5.36. The Morgan fingerprint density at radius 1 is 1.03 bits per heavy atom. The number of aliphatic hydroxyl groups is 1. The van der Waals surface area contributed by atoms with Crippen LogP contribution < -0.4 is 5.32 Å². The highest BCUT2D eigenvalue weighted by Gasteiger charge is 2.12. The summed E-state index contributed by atoms with van der Waals surface area (Å²) in [5, 5.41) is 15.9. The zero-order valence-electron chi connectivity index (χ0n) is 21.0. The van der Waals surface area contributed by atoms with Gasteiger partial charge in [0.1, 0.15) is 0 Å². The Kier molecular flexibility index (Phi) is 15.7. The standard InChI is InChI=1S/C28H45N3O2/c1-26(25-32)30-27(33)19-14-12-10-8-6-4-5-7-9-11-13-15-20-28(2,3)21-16-17-23-31-24-18-22-29-31/h4-5,8-11,15,18,20,22,24,26,32H,6-7,12-14,16-17,19,21,23,25H2,1-3H3,(H,30,33)/t26-/m1/s1. The third kappa shape index (κ3) is 16.8. The maximum absolute atomic E-state index is 11.6. The molecule has 0 saturated heterocycles. The molecule has 33 heavy (non-hydrogen) atoms. The number of carbonyl (C=O) groups is 1. The molecule has 1 rings (SSSR count). The lowest BCUT2D eigenvalue weighted by Gasteiger charge is -2.19. The molecule has 2 N–H and O–H groups in total. The molecule has 0 saturated carbocycles. The molecule has 0 aliphatic rings. The van der Waals surface area contributed by atoms with Gasteiger partial charge in [-0.05, 0) is 63.4 Å². The number of aryl methyl sites for hydroxylation is 1. The number of aromatic nitrogens is 2. The van der Waals surface area contributed by atoms with E-state index in [4.69, 9.17) is 5.11 Å². The van der Waals surface area contributed by atoms with Crippen molar-refractivity contribution in [1.82, 2.24) is 15.1 Å². The van der Waals surface area contributed by atoms with Gasteiger partial charge in [0, 0.05) is 31.4 Å². The number of unbranched alkanes of at least 4 members (excludes halogenated alkanes) is 2. The first-order valence-corrected chi connectivity index (χ1v) is 12.4. The molecule has 0 radical (unpaired) electrons. The third-order valence-corrected chi connectivity index (χ3v) is 5.36. The van der Waals surface area contributed by atoms with Crippen LogP contribution in [0.1, 0.15) is 78.6 Å². The van der Waals surface area contributed by atoms with E-state index in [1.807, 2.05) is 23.1 Å². The summed E-state index contributed by atoms with van der Waals surface area (Å²) in [5.41, 5.74) is 0.242. The molecular formula is C28H45N3O2. The molecule has 0 aliphatic carbocycles. The first kappa shape index (κ1) is 28.6. The summed E-state index contributed by atoms with van der Waals surface area (Å²) in [6.07, 6.45) is 30.3. The minimum Gasteiger partial charge on any atom is -0.394 e. The highest BCUT2D eigenvalue weighted by molar-refractivity contribution is 5.76. The lowest BCUT2D eigenvalue weighted by molar-refractivity contribution is -0.122. The molecule has 1 heterocycles. The average molecular weight is 456 g/mol. The van der Waals surface area contributed by atoms with Gasteiger partial charge in [-0.25, -0.2) is 0 Å². The molecule has 1 amide bonds. The summed E-state index contributed by atoms with van der Waals surface area (Å²) < 4.78 is 2.00. The lowest BCUT2D eigenvalue weighted by Crippen LogP contribution is -2.34. The summed E-state index contributed by atoms with van der Waals surface area (Å²) in [5.74, 6) is 0.0106. The van der Waals surface area contributed by atoms with Crippen molar-refractivity contribution in [2.75, 3.05) is 6.61 Å². The van der Waals surface area contributed by atoms with Gasteiger partial charge in [0.15, 0.2) is 0 Å². The Hall–Kier alpha value is -2.40. The normalized spacial score (nSPS) is 13.7. The molecule has 0 spiro atoms. The lowest BCUT2D eigenvalue weighted by atomic mass is 9.86. The number of hydrogen-bond acceptors (Lipinski definition) is 3. The van der Waals surface area contributed by atoms with Crippen LogP contribution in [-0.2, 0) is 11.3 Å². The van der Waals surface area contributed by atoms with Gasteiger partial charge < -0.3 is 10.4 Å². The first-order chi connectivity index (χ1) is 15.9. The zero-order valence-corrected chi connectivity index (χ0v) is 21.0. The second-order valence-corrected chi connectivity index (χ2v) is 9.28. The molecule has 1 atom stereocenters. The van der Waals surface area contributed by atoms with Crippen LogP contribution in [0.2, 0.25) is 0 Å². The maximum atomic E-state index is 11.6. The number of hydrogen-bond donors (Lipinski definition) is 2. The van der Waals surface area contributed by atoms with E-state index in [1.54, 1.807) is 6.92 Å². The van der Waals surface area contributed by atoms with E-state index < -0.39 is 0 Å². The van der Waals surface area contributed by atoms with Gasteiger partial charge >= 0.3 is 0 Å². The minimum absolute atomic E-state index is 0.0106. The summed E-state index contributed by atoms with van der Waals surface area (Å²) >= 11 is 0. The Morgan fingerprint density at radius 3 is 2.33 bits per heavy atom. The van der Waals surface area contributed by atoms with Crippen LogP contribution >= 0.6 is 0 Å². The topological polar surface area (TPSA) is 67.2 Å². The number of rotatable bonds is 18. The monoisotopic (exact) mass is 455 g/mol. The van der Waals surface area contributed by atoms with Crippen molar-refractivity contribution < 1.29 is 9.90 Å². The number of allylic oxidation sites excluding steroid dienone is 8. The average Bonchev–Trinajstić information content (AvgIpc) is 3.30. The van der Waals surface area contributed by atoms with E-state index in [-0.39, 0.29) is 24.0 Å². The minimum atomic E-state index is -0.163. The van der Waals surface area contributed by atoms with Crippen molar-refractivity contribution in [2.24, 2.45) is 5.41 Å². The summed E-state index contributed by atoms with van der Waals surface area (Å²) in [6, 6.07) is 1.81. The fraction of sp³-hybridized carbons (Fsp3) is 0.571. The van der Waals surface area contributed by atoms with Crippen molar-refractivity contribution in [3.63, 3.8) is 0 Å². The van der Waals surface area contributed by atoms with Crippen molar-refractivity contribution >= 4 is 5.91 Å². The summed E-state index contributed by atoms with van der Waals surface area (Å²) in [4.78, 5) is 11.6. The quantitative estimate of drug-likeness (QED) is 0.206. The van der Waals surface area contributed by atoms with Crippen LogP contribution in [0.5, 0.6) is 0 Å². The van der Waals surface area contributed by atoms with E-state index in [9.17, 15) is 4.79 Å². The molecule has 0 aromatic carbocycles.